The number of rotatable bonds is 3. The summed E-state index contributed by atoms with van der Waals surface area (Å²) in [5, 5.41) is 7.97. The number of aryl methyl sites for hydroxylation is 1. The normalized spacial score (nSPS) is 11.1. The Morgan fingerprint density at radius 1 is 1.39 bits per heavy atom. The minimum atomic E-state index is -0.353. The van der Waals surface area contributed by atoms with E-state index < -0.39 is 0 Å². The highest BCUT2D eigenvalue weighted by Crippen LogP contribution is 2.20. The quantitative estimate of drug-likeness (QED) is 0.862. The summed E-state index contributed by atoms with van der Waals surface area (Å²) in [4.78, 5) is 15.5. The van der Waals surface area contributed by atoms with E-state index in [1.165, 1.54) is 4.57 Å². The predicted molar refractivity (Wildman–Crippen MR) is 68.0 cm³/mol. The molecule has 2 heterocycles. The topological polar surface area (TPSA) is 91.6 Å². The van der Waals surface area contributed by atoms with Gasteiger partial charge in [0.2, 0.25) is 0 Å². The molecule has 2 aromatic heterocycles. The van der Waals surface area contributed by atoms with Gasteiger partial charge in [-0.25, -0.2) is 4.79 Å². The van der Waals surface area contributed by atoms with Crippen LogP contribution < -0.4 is 11.4 Å². The molecule has 0 aliphatic rings. The Balaban J connectivity index is 2.56. The van der Waals surface area contributed by atoms with Gasteiger partial charge < -0.3 is 5.73 Å². The van der Waals surface area contributed by atoms with Crippen molar-refractivity contribution in [2.45, 2.75) is 33.4 Å². The van der Waals surface area contributed by atoms with Gasteiger partial charge in [-0.15, -0.1) is 5.10 Å². The van der Waals surface area contributed by atoms with Crippen LogP contribution in [0.15, 0.2) is 17.2 Å². The molecule has 0 aromatic carbocycles. The zero-order valence-electron chi connectivity index (χ0n) is 10.7. The summed E-state index contributed by atoms with van der Waals surface area (Å²) in [6.07, 6.45) is 3.46. The third-order valence-electron chi connectivity index (χ3n) is 2.68. The van der Waals surface area contributed by atoms with Crippen LogP contribution in [-0.2, 0) is 6.54 Å². The number of hydrogen-bond acceptors (Lipinski definition) is 5. The van der Waals surface area contributed by atoms with E-state index in [4.69, 9.17) is 5.73 Å². The second-order valence-electron chi connectivity index (χ2n) is 4.28. The zero-order valence-corrected chi connectivity index (χ0v) is 10.7. The highest BCUT2D eigenvalue weighted by molar-refractivity contribution is 5.68. The molecule has 0 amide bonds. The number of aromatic nitrogens is 5. The number of nitrogen functional groups attached to an aromatic ring is 1. The van der Waals surface area contributed by atoms with Crippen LogP contribution in [0.25, 0.3) is 11.3 Å². The van der Waals surface area contributed by atoms with Gasteiger partial charge in [0.25, 0.3) is 0 Å². The molecule has 0 aliphatic carbocycles. The van der Waals surface area contributed by atoms with Crippen LogP contribution in [0.5, 0.6) is 0 Å². The molecule has 2 rings (SSSR count). The fourth-order valence-corrected chi connectivity index (χ4v) is 1.63. The van der Waals surface area contributed by atoms with Crippen LogP contribution in [0.4, 0.5) is 5.82 Å². The molecular formula is C11H16N6O. The Labute approximate surface area is 104 Å². The lowest BCUT2D eigenvalue weighted by atomic mass is 10.2. The van der Waals surface area contributed by atoms with E-state index in [0.29, 0.717) is 11.3 Å². The maximum Gasteiger partial charge on any atom is 0.349 e. The van der Waals surface area contributed by atoms with E-state index in [-0.39, 0.29) is 17.5 Å². The second-order valence-corrected chi connectivity index (χ2v) is 4.28. The Hall–Kier alpha value is -2.18. The zero-order chi connectivity index (χ0) is 13.3. The van der Waals surface area contributed by atoms with E-state index in [1.54, 1.807) is 17.1 Å². The van der Waals surface area contributed by atoms with Gasteiger partial charge in [-0.05, 0) is 20.8 Å². The summed E-state index contributed by atoms with van der Waals surface area (Å²) in [7, 11) is 0. The van der Waals surface area contributed by atoms with Gasteiger partial charge in [0, 0.05) is 18.8 Å². The highest BCUT2D eigenvalue weighted by Gasteiger charge is 2.12. The molecular weight excluding hydrogens is 232 g/mol. The lowest BCUT2D eigenvalue weighted by molar-refractivity contribution is 0.565. The Morgan fingerprint density at radius 2 is 2.11 bits per heavy atom. The molecule has 2 aromatic rings. The molecule has 0 aliphatic heterocycles. The lowest BCUT2D eigenvalue weighted by Crippen LogP contribution is -2.25. The van der Waals surface area contributed by atoms with Crippen molar-refractivity contribution in [1.29, 1.82) is 0 Å². The predicted octanol–water partition coefficient (Wildman–Crippen LogP) is 0.685. The first-order chi connectivity index (χ1) is 8.52. The fourth-order valence-electron chi connectivity index (χ4n) is 1.63. The van der Waals surface area contributed by atoms with Gasteiger partial charge in [-0.2, -0.15) is 4.98 Å². The SMILES string of the molecule is CCn1cc(-c2cn(C(C)C)c(=O)nc2N)nn1. The van der Waals surface area contributed by atoms with E-state index >= 15 is 0 Å². The van der Waals surface area contributed by atoms with Crippen molar-refractivity contribution in [3.63, 3.8) is 0 Å². The smallest absolute Gasteiger partial charge is 0.349 e. The molecule has 0 unspecified atom stereocenters. The molecule has 0 fully saturated rings. The highest BCUT2D eigenvalue weighted by atomic mass is 16.1. The van der Waals surface area contributed by atoms with E-state index in [2.05, 4.69) is 15.3 Å². The number of nitrogens with two attached hydrogens (primary N) is 1. The third-order valence-corrected chi connectivity index (χ3v) is 2.68. The Bertz CT molecular complexity index is 612. The molecule has 0 saturated carbocycles. The Morgan fingerprint density at radius 3 is 2.67 bits per heavy atom. The molecule has 0 saturated heterocycles. The maximum atomic E-state index is 11.7. The van der Waals surface area contributed by atoms with Crippen LogP contribution in [0.2, 0.25) is 0 Å². The van der Waals surface area contributed by atoms with Gasteiger partial charge in [0.1, 0.15) is 11.5 Å². The standard InChI is InChI=1S/C11H16N6O/c1-4-16-6-9(14-15-16)8-5-17(7(2)3)11(18)13-10(8)12/h5-7H,4H2,1-3H3,(H2,12,13,18). The molecule has 2 N–H and O–H groups in total. The molecule has 18 heavy (non-hydrogen) atoms. The number of hydrogen-bond donors (Lipinski definition) is 1. The minimum absolute atomic E-state index is 0.0190. The minimum Gasteiger partial charge on any atom is -0.383 e. The summed E-state index contributed by atoms with van der Waals surface area (Å²) in [5.41, 5.74) is 6.67. The first-order valence-corrected chi connectivity index (χ1v) is 5.82. The Kier molecular flexibility index (Phi) is 3.14. The van der Waals surface area contributed by atoms with E-state index in [1.807, 2.05) is 20.8 Å². The summed E-state index contributed by atoms with van der Waals surface area (Å²) in [6.45, 7) is 6.51. The average Bonchev–Trinajstić information content (AvgIpc) is 2.77. The number of anilines is 1. The fraction of sp³-hybridized carbons (Fsp3) is 0.455. The molecule has 0 radical (unpaired) electrons. The van der Waals surface area contributed by atoms with Crippen molar-refractivity contribution in [2.24, 2.45) is 0 Å². The van der Waals surface area contributed by atoms with Crippen molar-refractivity contribution >= 4 is 5.82 Å². The van der Waals surface area contributed by atoms with E-state index in [0.717, 1.165) is 6.54 Å². The van der Waals surface area contributed by atoms with Crippen LogP contribution in [0, 0.1) is 0 Å². The van der Waals surface area contributed by atoms with Crippen molar-refractivity contribution in [3.05, 3.63) is 22.9 Å². The largest absolute Gasteiger partial charge is 0.383 e. The molecule has 0 spiro atoms. The summed E-state index contributed by atoms with van der Waals surface area (Å²) in [6, 6.07) is 0.0190. The van der Waals surface area contributed by atoms with Crippen molar-refractivity contribution < 1.29 is 0 Å². The maximum absolute atomic E-state index is 11.7. The molecule has 96 valence electrons. The molecule has 0 atom stereocenters. The molecule has 7 heteroatoms. The van der Waals surface area contributed by atoms with Gasteiger partial charge >= 0.3 is 5.69 Å². The van der Waals surface area contributed by atoms with Crippen LogP contribution in [0.1, 0.15) is 26.8 Å². The van der Waals surface area contributed by atoms with Crippen molar-refractivity contribution in [1.82, 2.24) is 24.5 Å². The monoisotopic (exact) mass is 248 g/mol. The first kappa shape index (κ1) is 12.3. The second kappa shape index (κ2) is 4.59. The van der Waals surface area contributed by atoms with E-state index in [9.17, 15) is 4.79 Å². The van der Waals surface area contributed by atoms with Crippen molar-refractivity contribution in [2.75, 3.05) is 5.73 Å². The molecule has 7 nitrogen and oxygen atoms in total. The van der Waals surface area contributed by atoms with Gasteiger partial charge in [0.05, 0.1) is 11.8 Å². The summed E-state index contributed by atoms with van der Waals surface area (Å²) < 4.78 is 3.22. The van der Waals surface area contributed by atoms with Crippen LogP contribution >= 0.6 is 0 Å². The average molecular weight is 248 g/mol. The molecule has 0 bridgehead atoms. The van der Waals surface area contributed by atoms with Gasteiger partial charge in [-0.1, -0.05) is 5.21 Å². The van der Waals surface area contributed by atoms with Crippen molar-refractivity contribution in [3.8, 4) is 11.3 Å². The first-order valence-electron chi connectivity index (χ1n) is 5.82. The van der Waals surface area contributed by atoms with Crippen LogP contribution in [-0.4, -0.2) is 24.5 Å². The van der Waals surface area contributed by atoms with Crippen LogP contribution in [0.3, 0.4) is 0 Å². The summed E-state index contributed by atoms with van der Waals surface area (Å²) in [5.74, 6) is 0.181. The third kappa shape index (κ3) is 2.11. The lowest BCUT2D eigenvalue weighted by Gasteiger charge is -2.11. The van der Waals surface area contributed by atoms with Gasteiger partial charge in [0.15, 0.2) is 0 Å². The van der Waals surface area contributed by atoms with Gasteiger partial charge in [-0.3, -0.25) is 9.25 Å². The number of nitrogens with zero attached hydrogens (tertiary/aromatic N) is 5. The summed E-state index contributed by atoms with van der Waals surface area (Å²) >= 11 is 0.